The lowest BCUT2D eigenvalue weighted by Crippen LogP contribution is -2.51. The third-order valence-corrected chi connectivity index (χ3v) is 8.75. The van der Waals surface area contributed by atoms with Crippen molar-refractivity contribution in [1.82, 2.24) is 13.5 Å². The van der Waals surface area contributed by atoms with Gasteiger partial charge in [-0.15, -0.1) is 0 Å². The van der Waals surface area contributed by atoms with E-state index in [1.165, 1.54) is 9.87 Å². The number of hydrogen-bond acceptors (Lipinski definition) is 3. The van der Waals surface area contributed by atoms with Crippen LogP contribution in [0.25, 0.3) is 0 Å². The maximum absolute atomic E-state index is 13.6. The van der Waals surface area contributed by atoms with Crippen LogP contribution < -0.4 is 0 Å². The van der Waals surface area contributed by atoms with Crippen LogP contribution in [0.15, 0.2) is 30.3 Å². The first-order valence-electron chi connectivity index (χ1n) is 10.8. The fourth-order valence-corrected chi connectivity index (χ4v) is 5.95. The standard InChI is InChI=1S/C22H35N3O3S/c1-22(20-12-17-25(18-13-20)29(27,28)23(2)3)14-7-8-15-24(21(22)26)16-11-19-9-5-4-6-10-19/h4-6,9-10,20H,7-8,11-18H2,1-3H3/t22-/m1/s1. The first-order valence-corrected chi connectivity index (χ1v) is 12.2. The lowest BCUT2D eigenvalue weighted by molar-refractivity contribution is -0.144. The highest BCUT2D eigenvalue weighted by molar-refractivity contribution is 7.86. The molecule has 1 aromatic rings. The van der Waals surface area contributed by atoms with Crippen LogP contribution in [0.1, 0.15) is 44.6 Å². The minimum absolute atomic E-state index is 0.237. The zero-order valence-electron chi connectivity index (χ0n) is 18.0. The third kappa shape index (κ3) is 4.84. The zero-order chi connectivity index (χ0) is 21.1. The smallest absolute Gasteiger partial charge is 0.281 e. The van der Waals surface area contributed by atoms with Crippen molar-refractivity contribution in [3.05, 3.63) is 35.9 Å². The Bertz CT molecular complexity index is 789. The fourth-order valence-electron chi connectivity index (χ4n) is 4.82. The second-order valence-electron chi connectivity index (χ2n) is 8.87. The van der Waals surface area contributed by atoms with E-state index in [1.807, 2.05) is 18.2 Å². The Morgan fingerprint density at radius 1 is 1.07 bits per heavy atom. The minimum Gasteiger partial charge on any atom is -0.342 e. The van der Waals surface area contributed by atoms with Crippen molar-refractivity contribution >= 4 is 16.1 Å². The average Bonchev–Trinajstić information content (AvgIpc) is 2.87. The van der Waals surface area contributed by atoms with Crippen LogP contribution in [0.5, 0.6) is 0 Å². The number of benzene rings is 1. The van der Waals surface area contributed by atoms with E-state index in [2.05, 4.69) is 24.0 Å². The van der Waals surface area contributed by atoms with Crippen LogP contribution in [0, 0.1) is 11.3 Å². The summed E-state index contributed by atoms with van der Waals surface area (Å²) in [6.07, 6.45) is 5.38. The van der Waals surface area contributed by atoms with Gasteiger partial charge in [-0.25, -0.2) is 0 Å². The molecule has 3 rings (SSSR count). The van der Waals surface area contributed by atoms with Crippen molar-refractivity contribution in [1.29, 1.82) is 0 Å². The molecule has 1 amide bonds. The SMILES string of the molecule is CN(C)S(=O)(=O)N1CCC([C@@]2(C)CCCCN(CCc3ccccc3)C2=O)CC1. The predicted molar refractivity (Wildman–Crippen MR) is 116 cm³/mol. The van der Waals surface area contributed by atoms with Gasteiger partial charge in [-0.1, -0.05) is 43.7 Å². The number of carbonyl (C=O) groups excluding carboxylic acids is 1. The number of nitrogens with zero attached hydrogens (tertiary/aromatic N) is 3. The van der Waals surface area contributed by atoms with Gasteiger partial charge in [-0.2, -0.15) is 17.0 Å². The van der Waals surface area contributed by atoms with Gasteiger partial charge < -0.3 is 4.90 Å². The lowest BCUT2D eigenvalue weighted by atomic mass is 9.69. The van der Waals surface area contributed by atoms with E-state index in [9.17, 15) is 13.2 Å². The highest BCUT2D eigenvalue weighted by Crippen LogP contribution is 2.43. The van der Waals surface area contributed by atoms with Crippen molar-refractivity contribution in [2.45, 2.75) is 45.4 Å². The summed E-state index contributed by atoms with van der Waals surface area (Å²) in [6.45, 7) is 4.70. The maximum atomic E-state index is 13.6. The van der Waals surface area contributed by atoms with Crippen molar-refractivity contribution < 1.29 is 13.2 Å². The molecule has 0 aliphatic carbocycles. The van der Waals surface area contributed by atoms with Crippen molar-refractivity contribution in [2.24, 2.45) is 11.3 Å². The molecule has 0 unspecified atom stereocenters. The van der Waals surface area contributed by atoms with Crippen LogP contribution in [-0.4, -0.2) is 68.1 Å². The highest BCUT2D eigenvalue weighted by atomic mass is 32.2. The quantitative estimate of drug-likeness (QED) is 0.710. The number of amides is 1. The normalized spacial score (nSPS) is 25.4. The molecule has 1 atom stereocenters. The average molecular weight is 422 g/mol. The van der Waals surface area contributed by atoms with Gasteiger partial charge in [-0.3, -0.25) is 4.79 Å². The van der Waals surface area contributed by atoms with Gasteiger partial charge in [0.25, 0.3) is 10.2 Å². The maximum Gasteiger partial charge on any atom is 0.281 e. The molecule has 0 spiro atoms. The third-order valence-electron chi connectivity index (χ3n) is 6.81. The van der Waals surface area contributed by atoms with Crippen LogP contribution in [0.4, 0.5) is 0 Å². The molecule has 2 aliphatic heterocycles. The molecule has 7 heteroatoms. The van der Waals surface area contributed by atoms with Gasteiger partial charge in [0.1, 0.15) is 0 Å². The van der Waals surface area contributed by atoms with Crippen LogP contribution in [0.2, 0.25) is 0 Å². The van der Waals surface area contributed by atoms with E-state index >= 15 is 0 Å². The van der Waals surface area contributed by atoms with Gasteiger partial charge in [0.15, 0.2) is 0 Å². The van der Waals surface area contributed by atoms with E-state index in [0.717, 1.165) is 51.6 Å². The Balaban J connectivity index is 1.67. The summed E-state index contributed by atoms with van der Waals surface area (Å²) in [5, 5.41) is 0. The van der Waals surface area contributed by atoms with E-state index in [4.69, 9.17) is 0 Å². The zero-order valence-corrected chi connectivity index (χ0v) is 18.8. The molecular weight excluding hydrogens is 386 g/mol. The summed E-state index contributed by atoms with van der Waals surface area (Å²) in [6, 6.07) is 10.3. The fraction of sp³-hybridized carbons (Fsp3) is 0.682. The van der Waals surface area contributed by atoms with Gasteiger partial charge >= 0.3 is 0 Å². The Morgan fingerprint density at radius 3 is 2.34 bits per heavy atom. The van der Waals surface area contributed by atoms with Gasteiger partial charge in [0.05, 0.1) is 0 Å². The molecule has 2 heterocycles. The summed E-state index contributed by atoms with van der Waals surface area (Å²) >= 11 is 0. The summed E-state index contributed by atoms with van der Waals surface area (Å²) < 4.78 is 27.7. The molecule has 2 fully saturated rings. The van der Waals surface area contributed by atoms with Crippen LogP contribution in [-0.2, 0) is 21.4 Å². The Labute approximate surface area is 176 Å². The van der Waals surface area contributed by atoms with E-state index in [1.54, 1.807) is 18.4 Å². The molecule has 2 aliphatic rings. The second-order valence-corrected chi connectivity index (χ2v) is 11.0. The monoisotopic (exact) mass is 421 g/mol. The summed E-state index contributed by atoms with van der Waals surface area (Å²) in [7, 11) is -0.230. The molecule has 0 radical (unpaired) electrons. The number of hydrogen-bond donors (Lipinski definition) is 0. The Hall–Kier alpha value is -1.44. The summed E-state index contributed by atoms with van der Waals surface area (Å²) in [4.78, 5) is 15.6. The first kappa shape index (κ1) is 22.2. The van der Waals surface area contributed by atoms with Crippen LogP contribution >= 0.6 is 0 Å². The largest absolute Gasteiger partial charge is 0.342 e. The molecule has 29 heavy (non-hydrogen) atoms. The van der Waals surface area contributed by atoms with E-state index in [-0.39, 0.29) is 17.2 Å². The molecule has 2 saturated heterocycles. The second kappa shape index (κ2) is 9.14. The Morgan fingerprint density at radius 2 is 1.72 bits per heavy atom. The molecule has 6 nitrogen and oxygen atoms in total. The molecule has 162 valence electrons. The van der Waals surface area contributed by atoms with Crippen molar-refractivity contribution in [2.75, 3.05) is 40.3 Å². The molecule has 0 aromatic heterocycles. The molecule has 0 bridgehead atoms. The van der Waals surface area contributed by atoms with Crippen molar-refractivity contribution in [3.63, 3.8) is 0 Å². The van der Waals surface area contributed by atoms with E-state index in [0.29, 0.717) is 13.1 Å². The first-order chi connectivity index (χ1) is 13.7. The number of likely N-dealkylation sites (tertiary alicyclic amines) is 1. The summed E-state index contributed by atoms with van der Waals surface area (Å²) in [5.74, 6) is 0.501. The predicted octanol–water partition coefficient (Wildman–Crippen LogP) is 2.77. The molecular formula is C22H35N3O3S. The van der Waals surface area contributed by atoms with Crippen LogP contribution in [0.3, 0.4) is 0 Å². The molecule has 0 saturated carbocycles. The van der Waals surface area contributed by atoms with Crippen molar-refractivity contribution in [3.8, 4) is 0 Å². The number of piperidine rings is 1. The number of rotatable bonds is 6. The summed E-state index contributed by atoms with van der Waals surface area (Å²) in [5.41, 5.74) is 0.870. The topological polar surface area (TPSA) is 60.9 Å². The van der Waals surface area contributed by atoms with Gasteiger partial charge in [-0.05, 0) is 43.6 Å². The minimum atomic E-state index is -3.37. The highest BCUT2D eigenvalue weighted by Gasteiger charge is 2.46. The van der Waals surface area contributed by atoms with Gasteiger partial charge in [0, 0.05) is 45.7 Å². The number of carbonyl (C=O) groups is 1. The van der Waals surface area contributed by atoms with E-state index < -0.39 is 10.2 Å². The lowest BCUT2D eigenvalue weighted by Gasteiger charge is -2.42. The van der Waals surface area contributed by atoms with Gasteiger partial charge in [0.2, 0.25) is 5.91 Å². The molecule has 0 N–H and O–H groups in total. The molecule has 1 aromatic carbocycles. The Kier molecular flexibility index (Phi) is 7.02.